The third-order valence-electron chi connectivity index (χ3n) is 5.44. The van der Waals surface area contributed by atoms with E-state index < -0.39 is 12.1 Å². The monoisotopic (exact) mass is 416 g/mol. The fraction of sp³-hybridized carbons (Fsp3) is 0.200. The van der Waals surface area contributed by atoms with Crippen molar-refractivity contribution in [2.75, 3.05) is 6.61 Å². The average molecular weight is 416 g/mol. The molecule has 0 bridgehead atoms. The number of rotatable bonds is 6. The van der Waals surface area contributed by atoms with Crippen LogP contribution in [-0.2, 0) is 0 Å². The van der Waals surface area contributed by atoms with Crippen molar-refractivity contribution in [1.29, 1.82) is 0 Å². The molecule has 1 atom stereocenters. The zero-order valence-corrected chi connectivity index (χ0v) is 17.7. The second-order valence-corrected chi connectivity index (χ2v) is 7.41. The molecular weight excluding hydrogens is 392 g/mol. The van der Waals surface area contributed by atoms with Crippen molar-refractivity contribution in [3.05, 3.63) is 88.7 Å². The molecule has 4 rings (SSSR count). The molecule has 0 aliphatic carbocycles. The third-order valence-corrected chi connectivity index (χ3v) is 5.44. The number of nitrogens with zero attached hydrogens (tertiary/aromatic N) is 2. The Hall–Kier alpha value is -3.64. The minimum atomic E-state index is -0.970. The van der Waals surface area contributed by atoms with Crippen LogP contribution in [0.4, 0.5) is 0 Å². The van der Waals surface area contributed by atoms with Crippen LogP contribution in [0.1, 0.15) is 45.9 Å². The van der Waals surface area contributed by atoms with Gasteiger partial charge in [-0.2, -0.15) is 4.98 Å². The Morgan fingerprint density at radius 1 is 1.06 bits per heavy atom. The summed E-state index contributed by atoms with van der Waals surface area (Å²) in [5.41, 5.74) is 5.63. The lowest BCUT2D eigenvalue weighted by Gasteiger charge is -2.16. The first kappa shape index (κ1) is 20.6. The highest BCUT2D eigenvalue weighted by Gasteiger charge is 2.20. The van der Waals surface area contributed by atoms with E-state index in [1.54, 1.807) is 18.2 Å². The van der Waals surface area contributed by atoms with E-state index >= 15 is 0 Å². The van der Waals surface area contributed by atoms with Crippen LogP contribution in [0, 0.1) is 13.8 Å². The van der Waals surface area contributed by atoms with E-state index in [2.05, 4.69) is 4.98 Å². The normalized spacial score (nSPS) is 12.1. The first-order valence-corrected chi connectivity index (χ1v) is 10.1. The standard InChI is InChI=1S/C25H24N2O4/c1-4-31-24-16(3)27-21(14-9-15(2)23(27)26-24)22(28)18-12-10-17(11-13-18)19-7-5-6-8-20(19)25(29)30/h5-14,22,28H,4H2,1-3H3,(H,29,30). The highest BCUT2D eigenvalue weighted by molar-refractivity contribution is 5.96. The van der Waals surface area contributed by atoms with Crippen LogP contribution in [0.2, 0.25) is 0 Å². The number of hydrogen-bond donors (Lipinski definition) is 2. The number of pyridine rings is 1. The van der Waals surface area contributed by atoms with Gasteiger partial charge in [-0.15, -0.1) is 0 Å². The lowest BCUT2D eigenvalue weighted by Crippen LogP contribution is -2.08. The second-order valence-electron chi connectivity index (χ2n) is 7.41. The number of aromatic carboxylic acids is 1. The molecule has 158 valence electrons. The molecule has 0 saturated carbocycles. The quantitative estimate of drug-likeness (QED) is 0.472. The summed E-state index contributed by atoms with van der Waals surface area (Å²) in [4.78, 5) is 16.1. The number of carboxylic acids is 1. The molecule has 0 radical (unpaired) electrons. The van der Waals surface area contributed by atoms with Gasteiger partial charge in [0.1, 0.15) is 11.8 Å². The largest absolute Gasteiger partial charge is 0.478 e. The van der Waals surface area contributed by atoms with Gasteiger partial charge >= 0.3 is 5.97 Å². The predicted molar refractivity (Wildman–Crippen MR) is 119 cm³/mol. The van der Waals surface area contributed by atoms with Crippen LogP contribution < -0.4 is 4.74 Å². The van der Waals surface area contributed by atoms with Crippen LogP contribution in [-0.4, -0.2) is 32.2 Å². The van der Waals surface area contributed by atoms with Gasteiger partial charge in [-0.1, -0.05) is 48.5 Å². The van der Waals surface area contributed by atoms with Crippen LogP contribution in [0.25, 0.3) is 16.8 Å². The minimum absolute atomic E-state index is 0.244. The molecule has 0 amide bonds. The Balaban J connectivity index is 1.74. The molecule has 4 aromatic rings. The molecule has 2 aromatic carbocycles. The molecule has 6 heteroatoms. The maximum atomic E-state index is 11.5. The summed E-state index contributed by atoms with van der Waals surface area (Å²) >= 11 is 0. The molecule has 0 fully saturated rings. The van der Waals surface area contributed by atoms with E-state index in [1.165, 1.54) is 0 Å². The van der Waals surface area contributed by atoms with Crippen molar-refractivity contribution in [3.8, 4) is 17.0 Å². The number of benzene rings is 2. The van der Waals surface area contributed by atoms with Gasteiger partial charge < -0.3 is 14.9 Å². The number of fused-ring (bicyclic) bond motifs is 1. The summed E-state index contributed by atoms with van der Waals surface area (Å²) in [6.07, 6.45) is -0.880. The Kier molecular flexibility index (Phi) is 5.48. The Labute approximate surface area is 180 Å². The van der Waals surface area contributed by atoms with E-state index in [9.17, 15) is 15.0 Å². The smallest absolute Gasteiger partial charge is 0.336 e. The van der Waals surface area contributed by atoms with Gasteiger partial charge in [0, 0.05) is 0 Å². The summed E-state index contributed by atoms with van der Waals surface area (Å²) in [6.45, 7) is 6.33. The van der Waals surface area contributed by atoms with E-state index in [-0.39, 0.29) is 5.56 Å². The Morgan fingerprint density at radius 2 is 1.77 bits per heavy atom. The molecule has 0 aliphatic heterocycles. The van der Waals surface area contributed by atoms with Crippen molar-refractivity contribution in [3.63, 3.8) is 0 Å². The Bertz CT molecular complexity index is 1260. The lowest BCUT2D eigenvalue weighted by atomic mass is 9.97. The van der Waals surface area contributed by atoms with Gasteiger partial charge in [-0.3, -0.25) is 4.40 Å². The Morgan fingerprint density at radius 3 is 2.45 bits per heavy atom. The van der Waals surface area contributed by atoms with Crippen LogP contribution >= 0.6 is 0 Å². The van der Waals surface area contributed by atoms with Gasteiger partial charge in [0.25, 0.3) is 0 Å². The van der Waals surface area contributed by atoms with Gasteiger partial charge in [0.15, 0.2) is 0 Å². The third kappa shape index (κ3) is 3.66. The molecular formula is C25H24N2O4. The highest BCUT2D eigenvalue weighted by atomic mass is 16.5. The van der Waals surface area contributed by atoms with Gasteiger partial charge in [0.2, 0.25) is 5.88 Å². The van der Waals surface area contributed by atoms with E-state index in [0.717, 1.165) is 22.5 Å². The van der Waals surface area contributed by atoms with Crippen molar-refractivity contribution >= 4 is 11.6 Å². The van der Waals surface area contributed by atoms with E-state index in [1.807, 2.05) is 67.6 Å². The minimum Gasteiger partial charge on any atom is -0.478 e. The lowest BCUT2D eigenvalue weighted by molar-refractivity contribution is 0.0697. The van der Waals surface area contributed by atoms with Crippen LogP contribution in [0.3, 0.4) is 0 Å². The number of carbonyl (C=O) groups is 1. The fourth-order valence-corrected chi connectivity index (χ4v) is 3.85. The number of aryl methyl sites for hydroxylation is 2. The molecule has 0 aliphatic rings. The molecule has 6 nitrogen and oxygen atoms in total. The topological polar surface area (TPSA) is 84.1 Å². The molecule has 2 N–H and O–H groups in total. The van der Waals surface area contributed by atoms with E-state index in [4.69, 9.17) is 4.74 Å². The first-order chi connectivity index (χ1) is 14.9. The summed E-state index contributed by atoms with van der Waals surface area (Å²) in [7, 11) is 0. The fourth-order valence-electron chi connectivity index (χ4n) is 3.85. The average Bonchev–Trinajstić information content (AvgIpc) is 3.11. The second kappa shape index (κ2) is 8.24. The number of carboxylic acid groups (broad SMARTS) is 1. The van der Waals surface area contributed by atoms with Crippen molar-refractivity contribution < 1.29 is 19.7 Å². The number of aliphatic hydroxyl groups excluding tert-OH is 1. The molecule has 31 heavy (non-hydrogen) atoms. The van der Waals surface area contributed by atoms with Crippen LogP contribution in [0.5, 0.6) is 5.88 Å². The predicted octanol–water partition coefficient (Wildman–Crippen LogP) is 4.80. The molecule has 2 aromatic heterocycles. The molecule has 2 heterocycles. The molecule has 0 spiro atoms. The molecule has 0 saturated heterocycles. The SMILES string of the molecule is CCOc1nc2c(C)ccc(C(O)c3ccc(-c4ccccc4C(=O)O)cc3)n2c1C. The number of hydrogen-bond acceptors (Lipinski definition) is 4. The number of imidazole rings is 1. The zero-order valence-electron chi connectivity index (χ0n) is 17.7. The number of ether oxygens (including phenoxy) is 1. The highest BCUT2D eigenvalue weighted by Crippen LogP contribution is 2.31. The molecule has 1 unspecified atom stereocenters. The zero-order chi connectivity index (χ0) is 22.1. The number of aliphatic hydroxyl groups is 1. The van der Waals surface area contributed by atoms with Crippen molar-refractivity contribution in [2.24, 2.45) is 0 Å². The summed E-state index contributed by atoms with van der Waals surface area (Å²) in [5.74, 6) is -0.409. The van der Waals surface area contributed by atoms with Crippen molar-refractivity contribution in [2.45, 2.75) is 26.9 Å². The van der Waals surface area contributed by atoms with Gasteiger partial charge in [-0.25, -0.2) is 4.79 Å². The van der Waals surface area contributed by atoms with Crippen LogP contribution in [0.15, 0.2) is 60.7 Å². The number of aromatic nitrogens is 2. The van der Waals surface area contributed by atoms with Gasteiger partial charge in [-0.05, 0) is 55.2 Å². The maximum Gasteiger partial charge on any atom is 0.336 e. The summed E-state index contributed by atoms with van der Waals surface area (Å²) in [6, 6.07) is 18.0. The van der Waals surface area contributed by atoms with Crippen molar-refractivity contribution in [1.82, 2.24) is 9.38 Å². The first-order valence-electron chi connectivity index (χ1n) is 10.1. The summed E-state index contributed by atoms with van der Waals surface area (Å²) in [5, 5.41) is 20.6. The summed E-state index contributed by atoms with van der Waals surface area (Å²) < 4.78 is 7.58. The maximum absolute atomic E-state index is 11.5. The van der Waals surface area contributed by atoms with Gasteiger partial charge in [0.05, 0.1) is 23.6 Å². The van der Waals surface area contributed by atoms with E-state index in [0.29, 0.717) is 29.3 Å².